The number of hydrogen-bond donors (Lipinski definition) is 3. The van der Waals surface area contributed by atoms with Crippen LogP contribution in [0.5, 0.6) is 0 Å². The van der Waals surface area contributed by atoms with Gasteiger partial charge in [0.15, 0.2) is 0 Å². The Morgan fingerprint density at radius 1 is 1.33 bits per heavy atom. The maximum absolute atomic E-state index is 10.8. The highest BCUT2D eigenvalue weighted by Gasteiger charge is 2.03. The fourth-order valence-electron chi connectivity index (χ4n) is 1.42. The van der Waals surface area contributed by atoms with Crippen LogP contribution >= 0.6 is 12.2 Å². The Labute approximate surface area is 113 Å². The third-order valence-corrected chi connectivity index (χ3v) is 3.17. The predicted molar refractivity (Wildman–Crippen MR) is 78.3 cm³/mol. The summed E-state index contributed by atoms with van der Waals surface area (Å²) in [4.78, 5) is 0.340. The minimum absolute atomic E-state index is 0.340. The Morgan fingerprint density at radius 3 is 2.61 bits per heavy atom. The first-order chi connectivity index (χ1) is 8.40. The van der Waals surface area contributed by atoms with E-state index < -0.39 is 10.0 Å². The van der Waals surface area contributed by atoms with Gasteiger partial charge in [0.2, 0.25) is 10.0 Å². The van der Waals surface area contributed by atoms with Crippen molar-refractivity contribution in [2.24, 2.45) is 5.73 Å². The molecular formula is C11H17N3O2S2. The maximum atomic E-state index is 10.8. The lowest BCUT2D eigenvalue weighted by atomic mass is 10.2. The molecule has 1 aromatic rings. The van der Waals surface area contributed by atoms with Gasteiger partial charge in [0, 0.05) is 24.3 Å². The van der Waals surface area contributed by atoms with Crippen LogP contribution in [-0.2, 0) is 10.0 Å². The molecule has 100 valence electrons. The van der Waals surface area contributed by atoms with E-state index in [2.05, 4.69) is 10.0 Å². The van der Waals surface area contributed by atoms with Gasteiger partial charge in [-0.15, -0.1) is 0 Å². The van der Waals surface area contributed by atoms with E-state index in [0.717, 1.165) is 17.5 Å². The lowest BCUT2D eigenvalue weighted by Gasteiger charge is -2.10. The summed E-state index contributed by atoms with van der Waals surface area (Å²) in [6.07, 6.45) is 1.82. The molecule has 4 N–H and O–H groups in total. The molecule has 5 nitrogen and oxygen atoms in total. The van der Waals surface area contributed by atoms with E-state index in [1.165, 1.54) is 0 Å². The number of sulfonamides is 1. The van der Waals surface area contributed by atoms with Gasteiger partial charge in [0.25, 0.3) is 0 Å². The quantitative estimate of drug-likeness (QED) is 0.507. The lowest BCUT2D eigenvalue weighted by molar-refractivity contribution is 0.586. The van der Waals surface area contributed by atoms with Crippen molar-refractivity contribution < 1.29 is 8.42 Å². The molecule has 0 aromatic heterocycles. The van der Waals surface area contributed by atoms with Crippen LogP contribution in [0.15, 0.2) is 24.3 Å². The third kappa shape index (κ3) is 5.44. The number of thiocarbonyl (C=S) groups is 1. The molecule has 0 fully saturated rings. The van der Waals surface area contributed by atoms with E-state index in [1.807, 2.05) is 24.3 Å². The summed E-state index contributed by atoms with van der Waals surface area (Å²) in [6.45, 7) is 1.04. The number of para-hydroxylation sites is 1. The van der Waals surface area contributed by atoms with Crippen molar-refractivity contribution in [3.05, 3.63) is 29.8 Å². The third-order valence-electron chi connectivity index (χ3n) is 2.23. The summed E-state index contributed by atoms with van der Waals surface area (Å²) in [7, 11) is -3.11. The highest BCUT2D eigenvalue weighted by molar-refractivity contribution is 7.88. The number of rotatable bonds is 7. The SMILES string of the molecule is CS(=O)(=O)NCCCNc1ccccc1C(N)=S. The summed E-state index contributed by atoms with van der Waals surface area (Å²) in [5, 5.41) is 3.18. The Morgan fingerprint density at radius 2 is 2.00 bits per heavy atom. The summed E-state index contributed by atoms with van der Waals surface area (Å²) < 4.78 is 24.1. The number of nitrogens with one attached hydrogen (secondary N) is 2. The topological polar surface area (TPSA) is 84.2 Å². The first-order valence-corrected chi connectivity index (χ1v) is 7.77. The van der Waals surface area contributed by atoms with Gasteiger partial charge in [0.1, 0.15) is 4.99 Å². The molecule has 0 aliphatic rings. The van der Waals surface area contributed by atoms with Crippen LogP contribution in [0.1, 0.15) is 12.0 Å². The maximum Gasteiger partial charge on any atom is 0.208 e. The largest absolute Gasteiger partial charge is 0.389 e. The summed E-state index contributed by atoms with van der Waals surface area (Å²) >= 11 is 4.95. The molecule has 0 unspecified atom stereocenters. The van der Waals surface area contributed by atoms with Gasteiger partial charge in [0.05, 0.1) is 6.26 Å². The van der Waals surface area contributed by atoms with E-state index in [9.17, 15) is 8.42 Å². The normalized spacial score (nSPS) is 11.2. The van der Waals surface area contributed by atoms with Crippen LogP contribution in [0.2, 0.25) is 0 Å². The molecule has 0 atom stereocenters. The molecule has 0 aliphatic carbocycles. The number of anilines is 1. The van der Waals surface area contributed by atoms with Gasteiger partial charge in [-0.1, -0.05) is 24.4 Å². The summed E-state index contributed by atoms with van der Waals surface area (Å²) in [5.74, 6) is 0. The van der Waals surface area contributed by atoms with Gasteiger partial charge in [-0.2, -0.15) is 0 Å². The van der Waals surface area contributed by atoms with Crippen LogP contribution in [0.3, 0.4) is 0 Å². The van der Waals surface area contributed by atoms with E-state index in [0.29, 0.717) is 24.5 Å². The molecule has 0 saturated heterocycles. The summed E-state index contributed by atoms with van der Waals surface area (Å²) in [5.41, 5.74) is 7.26. The molecule has 1 rings (SSSR count). The molecule has 0 amide bonds. The van der Waals surface area contributed by atoms with E-state index in [1.54, 1.807) is 0 Å². The van der Waals surface area contributed by atoms with Crippen LogP contribution < -0.4 is 15.8 Å². The van der Waals surface area contributed by atoms with Crippen molar-refractivity contribution in [3.63, 3.8) is 0 Å². The Bertz CT molecular complexity index is 515. The smallest absolute Gasteiger partial charge is 0.208 e. The molecule has 0 spiro atoms. The van der Waals surface area contributed by atoms with Crippen molar-refractivity contribution in [2.45, 2.75) is 6.42 Å². The van der Waals surface area contributed by atoms with Gasteiger partial charge >= 0.3 is 0 Å². The van der Waals surface area contributed by atoms with E-state index >= 15 is 0 Å². The highest BCUT2D eigenvalue weighted by atomic mass is 32.2. The molecule has 0 aliphatic heterocycles. The molecular weight excluding hydrogens is 270 g/mol. The number of benzene rings is 1. The molecule has 0 radical (unpaired) electrons. The molecule has 0 saturated carbocycles. The second kappa shape index (κ2) is 6.67. The molecule has 1 aromatic carbocycles. The van der Waals surface area contributed by atoms with Crippen molar-refractivity contribution in [1.82, 2.24) is 4.72 Å². The fraction of sp³-hybridized carbons (Fsp3) is 0.364. The molecule has 18 heavy (non-hydrogen) atoms. The first kappa shape index (κ1) is 14.9. The average molecular weight is 287 g/mol. The second-order valence-electron chi connectivity index (χ2n) is 3.86. The van der Waals surface area contributed by atoms with Crippen LogP contribution in [0, 0.1) is 0 Å². The summed E-state index contributed by atoms with van der Waals surface area (Å²) in [6, 6.07) is 7.49. The van der Waals surface area contributed by atoms with Crippen molar-refractivity contribution >= 4 is 32.9 Å². The van der Waals surface area contributed by atoms with Crippen LogP contribution in [0.25, 0.3) is 0 Å². The van der Waals surface area contributed by atoms with Gasteiger partial charge in [-0.3, -0.25) is 0 Å². The molecule has 0 bridgehead atoms. The van der Waals surface area contributed by atoms with Crippen molar-refractivity contribution in [2.75, 3.05) is 24.7 Å². The monoisotopic (exact) mass is 287 g/mol. The van der Waals surface area contributed by atoms with Gasteiger partial charge < -0.3 is 11.1 Å². The minimum atomic E-state index is -3.11. The number of nitrogens with two attached hydrogens (primary N) is 1. The number of hydrogen-bond acceptors (Lipinski definition) is 4. The zero-order chi connectivity index (χ0) is 13.6. The van der Waals surface area contributed by atoms with Gasteiger partial charge in [-0.25, -0.2) is 13.1 Å². The Kier molecular flexibility index (Phi) is 5.52. The van der Waals surface area contributed by atoms with Crippen LogP contribution in [0.4, 0.5) is 5.69 Å². The second-order valence-corrected chi connectivity index (χ2v) is 6.13. The van der Waals surface area contributed by atoms with Crippen molar-refractivity contribution in [1.29, 1.82) is 0 Å². The Balaban J connectivity index is 2.42. The first-order valence-electron chi connectivity index (χ1n) is 5.47. The zero-order valence-corrected chi connectivity index (χ0v) is 11.8. The average Bonchev–Trinajstić information content (AvgIpc) is 2.27. The van der Waals surface area contributed by atoms with Crippen LogP contribution in [-0.4, -0.2) is 32.8 Å². The molecule has 7 heteroatoms. The minimum Gasteiger partial charge on any atom is -0.389 e. The van der Waals surface area contributed by atoms with Crippen molar-refractivity contribution in [3.8, 4) is 0 Å². The zero-order valence-electron chi connectivity index (χ0n) is 10.1. The standard InChI is InChI=1S/C11H17N3O2S2/c1-18(15,16)14-8-4-7-13-10-6-3-2-5-9(10)11(12)17/h2-3,5-6,13-14H,4,7-8H2,1H3,(H2,12,17). The fourth-order valence-corrected chi connectivity index (χ4v) is 2.11. The Hall–Kier alpha value is -1.18. The van der Waals surface area contributed by atoms with Gasteiger partial charge in [-0.05, 0) is 18.6 Å². The lowest BCUT2D eigenvalue weighted by Crippen LogP contribution is -2.24. The van der Waals surface area contributed by atoms with E-state index in [-0.39, 0.29) is 0 Å². The highest BCUT2D eigenvalue weighted by Crippen LogP contribution is 2.14. The molecule has 0 heterocycles. The predicted octanol–water partition coefficient (Wildman–Crippen LogP) is 0.672. The van der Waals surface area contributed by atoms with E-state index in [4.69, 9.17) is 18.0 Å².